The molecule has 0 saturated heterocycles. The van der Waals surface area contributed by atoms with Crippen molar-refractivity contribution in [1.82, 2.24) is 4.57 Å². The Morgan fingerprint density at radius 2 is 1.76 bits per heavy atom. The van der Waals surface area contributed by atoms with Gasteiger partial charge in [0.05, 0.1) is 11.9 Å². The van der Waals surface area contributed by atoms with E-state index in [4.69, 9.17) is 15.8 Å². The fourth-order valence-electron chi connectivity index (χ4n) is 2.79. The van der Waals surface area contributed by atoms with Crippen LogP contribution in [0.2, 0.25) is 5.02 Å². The molecule has 0 unspecified atom stereocenters. The molecule has 0 saturated carbocycles. The molecular weight excluding hydrogens is 362 g/mol. The van der Waals surface area contributed by atoms with Gasteiger partial charge in [0.15, 0.2) is 0 Å². The molecule has 0 aliphatic heterocycles. The van der Waals surface area contributed by atoms with Crippen LogP contribution in [0.4, 0.5) is 0 Å². The van der Waals surface area contributed by atoms with Crippen molar-refractivity contribution >= 4 is 32.5 Å². The molecule has 3 rings (SSSR count). The molecule has 0 atom stereocenters. The molecule has 0 N–H and O–H groups in total. The van der Waals surface area contributed by atoms with E-state index in [1.165, 1.54) is 4.57 Å². The van der Waals surface area contributed by atoms with E-state index in [1.54, 1.807) is 25.2 Å². The van der Waals surface area contributed by atoms with Gasteiger partial charge in [0.2, 0.25) is 0 Å². The van der Waals surface area contributed by atoms with E-state index in [-0.39, 0.29) is 12.2 Å². The van der Waals surface area contributed by atoms with Gasteiger partial charge in [0.1, 0.15) is 6.61 Å². The maximum absolute atomic E-state index is 12.7. The van der Waals surface area contributed by atoms with Gasteiger partial charge in [-0.1, -0.05) is 41.9 Å². The predicted molar refractivity (Wildman–Crippen MR) is 99.3 cm³/mol. The topological polar surface area (TPSA) is 65.4 Å². The molecule has 0 bridgehead atoms. The standard InChI is InChI=1S/C18H16ClNO4S/c1-20-16(11-24-25(2,22)23)17(12-6-4-3-5-7-12)15-10-13(19)8-9-14(15)18(20)21/h3-10H,11H2,1-2H3. The molecule has 3 aromatic rings. The Bertz CT molecular complexity index is 1110. The van der Waals surface area contributed by atoms with E-state index in [9.17, 15) is 13.2 Å². The number of halogens is 1. The summed E-state index contributed by atoms with van der Waals surface area (Å²) in [5.41, 5.74) is 1.80. The number of fused-ring (bicyclic) bond motifs is 1. The molecule has 0 amide bonds. The Kier molecular flexibility index (Phi) is 4.69. The second-order valence-corrected chi connectivity index (χ2v) is 7.79. The lowest BCUT2D eigenvalue weighted by Gasteiger charge is -2.17. The summed E-state index contributed by atoms with van der Waals surface area (Å²) in [7, 11) is -2.05. The molecule has 5 nitrogen and oxygen atoms in total. The summed E-state index contributed by atoms with van der Waals surface area (Å²) in [5, 5.41) is 1.66. The van der Waals surface area contributed by atoms with E-state index in [0.29, 0.717) is 21.5 Å². The molecule has 130 valence electrons. The summed E-state index contributed by atoms with van der Waals surface area (Å²) in [6.45, 7) is -0.239. The van der Waals surface area contributed by atoms with Crippen LogP contribution in [0.25, 0.3) is 21.9 Å². The minimum Gasteiger partial charge on any atom is -0.312 e. The third-order valence-corrected chi connectivity index (χ3v) is 4.73. The largest absolute Gasteiger partial charge is 0.312 e. The molecule has 7 heteroatoms. The van der Waals surface area contributed by atoms with Gasteiger partial charge < -0.3 is 4.57 Å². The lowest BCUT2D eigenvalue weighted by Crippen LogP contribution is -2.23. The predicted octanol–water partition coefficient (Wildman–Crippen LogP) is 3.34. The average Bonchev–Trinajstić information content (AvgIpc) is 2.56. The second-order valence-electron chi connectivity index (χ2n) is 5.71. The molecule has 0 aliphatic rings. The van der Waals surface area contributed by atoms with Crippen molar-refractivity contribution in [3.05, 3.63) is 69.6 Å². The second kappa shape index (κ2) is 6.63. The van der Waals surface area contributed by atoms with Crippen LogP contribution in [0, 0.1) is 0 Å². The number of hydrogen-bond donors (Lipinski definition) is 0. The van der Waals surface area contributed by atoms with Gasteiger partial charge in [-0.05, 0) is 29.1 Å². The number of rotatable bonds is 4. The highest BCUT2D eigenvalue weighted by Crippen LogP contribution is 2.32. The van der Waals surface area contributed by atoms with Crippen LogP contribution in [-0.2, 0) is 28.0 Å². The van der Waals surface area contributed by atoms with E-state index in [1.807, 2.05) is 30.3 Å². The highest BCUT2D eigenvalue weighted by atomic mass is 35.5. The quantitative estimate of drug-likeness (QED) is 0.654. The van der Waals surface area contributed by atoms with Crippen LogP contribution in [-0.4, -0.2) is 19.2 Å². The number of benzene rings is 2. The molecule has 0 aliphatic carbocycles. The average molecular weight is 378 g/mol. The van der Waals surface area contributed by atoms with Crippen molar-refractivity contribution in [1.29, 1.82) is 0 Å². The molecular formula is C18H16ClNO4S. The molecule has 0 radical (unpaired) electrons. The smallest absolute Gasteiger partial charge is 0.264 e. The Balaban J connectivity index is 2.40. The number of pyridine rings is 1. The Hall–Kier alpha value is -2.15. The van der Waals surface area contributed by atoms with E-state index < -0.39 is 10.1 Å². The van der Waals surface area contributed by atoms with Crippen molar-refractivity contribution in [2.45, 2.75) is 6.61 Å². The summed E-state index contributed by atoms with van der Waals surface area (Å²) >= 11 is 6.14. The summed E-state index contributed by atoms with van der Waals surface area (Å²) in [6.07, 6.45) is 0.977. The van der Waals surface area contributed by atoms with E-state index >= 15 is 0 Å². The highest BCUT2D eigenvalue weighted by Gasteiger charge is 2.18. The molecule has 2 aromatic carbocycles. The normalized spacial score (nSPS) is 11.8. The Morgan fingerprint density at radius 3 is 2.40 bits per heavy atom. The zero-order chi connectivity index (χ0) is 18.2. The fraction of sp³-hybridized carbons (Fsp3) is 0.167. The summed E-state index contributed by atoms with van der Waals surface area (Å²) in [6, 6.07) is 14.5. The van der Waals surface area contributed by atoms with Crippen LogP contribution in [0.15, 0.2) is 53.3 Å². The first-order valence-corrected chi connectivity index (χ1v) is 9.68. The molecule has 1 heterocycles. The lowest BCUT2D eigenvalue weighted by atomic mass is 9.97. The first-order chi connectivity index (χ1) is 11.8. The minimum atomic E-state index is -3.65. The van der Waals surface area contributed by atoms with E-state index in [2.05, 4.69) is 0 Å². The summed E-state index contributed by atoms with van der Waals surface area (Å²) < 4.78 is 29.3. The SMILES string of the molecule is Cn1c(COS(C)(=O)=O)c(-c2ccccc2)c2cc(Cl)ccc2c1=O. The van der Waals surface area contributed by atoms with Crippen molar-refractivity contribution in [2.75, 3.05) is 6.26 Å². The third-order valence-electron chi connectivity index (χ3n) is 3.95. The van der Waals surface area contributed by atoms with Crippen molar-refractivity contribution in [3.63, 3.8) is 0 Å². The maximum atomic E-state index is 12.7. The summed E-state index contributed by atoms with van der Waals surface area (Å²) in [5.74, 6) is 0. The first kappa shape index (κ1) is 17.7. The Morgan fingerprint density at radius 1 is 1.08 bits per heavy atom. The highest BCUT2D eigenvalue weighted by molar-refractivity contribution is 7.85. The Labute approximate surface area is 150 Å². The molecule has 1 aromatic heterocycles. The van der Waals surface area contributed by atoms with Crippen molar-refractivity contribution in [3.8, 4) is 11.1 Å². The van der Waals surface area contributed by atoms with Crippen molar-refractivity contribution < 1.29 is 12.6 Å². The number of aromatic nitrogens is 1. The van der Waals surface area contributed by atoms with Gasteiger partial charge in [-0.15, -0.1) is 0 Å². The van der Waals surface area contributed by atoms with Gasteiger partial charge in [-0.25, -0.2) is 0 Å². The van der Waals surface area contributed by atoms with E-state index in [0.717, 1.165) is 17.4 Å². The van der Waals surface area contributed by atoms with Gasteiger partial charge in [0.25, 0.3) is 15.7 Å². The maximum Gasteiger partial charge on any atom is 0.264 e. The van der Waals surface area contributed by atoms with Crippen LogP contribution in [0.3, 0.4) is 0 Å². The first-order valence-electron chi connectivity index (χ1n) is 7.49. The van der Waals surface area contributed by atoms with Gasteiger partial charge in [0, 0.05) is 23.0 Å². The van der Waals surface area contributed by atoms with Gasteiger partial charge in [-0.3, -0.25) is 8.98 Å². The zero-order valence-corrected chi connectivity index (χ0v) is 15.3. The lowest BCUT2D eigenvalue weighted by molar-refractivity contribution is 0.302. The van der Waals surface area contributed by atoms with Gasteiger partial charge >= 0.3 is 0 Å². The van der Waals surface area contributed by atoms with Crippen molar-refractivity contribution in [2.24, 2.45) is 7.05 Å². The van der Waals surface area contributed by atoms with Crippen LogP contribution in [0.1, 0.15) is 5.69 Å². The summed E-state index contributed by atoms with van der Waals surface area (Å²) in [4.78, 5) is 12.7. The third kappa shape index (κ3) is 3.61. The van der Waals surface area contributed by atoms with Crippen LogP contribution >= 0.6 is 11.6 Å². The zero-order valence-electron chi connectivity index (χ0n) is 13.7. The number of nitrogens with zero attached hydrogens (tertiary/aromatic N) is 1. The number of hydrogen-bond acceptors (Lipinski definition) is 4. The molecule has 0 spiro atoms. The van der Waals surface area contributed by atoms with Crippen LogP contribution < -0.4 is 5.56 Å². The fourth-order valence-corrected chi connectivity index (χ4v) is 3.29. The monoisotopic (exact) mass is 377 g/mol. The molecule has 25 heavy (non-hydrogen) atoms. The van der Waals surface area contributed by atoms with Crippen LogP contribution in [0.5, 0.6) is 0 Å². The minimum absolute atomic E-state index is 0.238. The molecule has 0 fully saturated rings. The van der Waals surface area contributed by atoms with Gasteiger partial charge in [-0.2, -0.15) is 8.42 Å².